The van der Waals surface area contributed by atoms with E-state index in [0.717, 1.165) is 22.5 Å². The van der Waals surface area contributed by atoms with E-state index in [1.165, 1.54) is 25.3 Å². The van der Waals surface area contributed by atoms with Crippen LogP contribution in [0, 0.1) is 5.82 Å². The molecule has 0 fully saturated rings. The van der Waals surface area contributed by atoms with Gasteiger partial charge in [0, 0.05) is 17.2 Å². The predicted molar refractivity (Wildman–Crippen MR) is 125 cm³/mol. The Hall–Kier alpha value is -4.07. The Morgan fingerprint density at radius 2 is 2.08 bits per heavy atom. The van der Waals surface area contributed by atoms with Crippen LogP contribution in [0.3, 0.4) is 0 Å². The number of amides is 1. The molecule has 0 bridgehead atoms. The van der Waals surface area contributed by atoms with Gasteiger partial charge in [-0.25, -0.2) is 27.5 Å². The third-order valence-corrected chi connectivity index (χ3v) is 7.38. The van der Waals surface area contributed by atoms with Gasteiger partial charge in [0.25, 0.3) is 10.0 Å². The average molecular weight is 523 g/mol. The summed E-state index contributed by atoms with van der Waals surface area (Å²) in [5.74, 6) is -1.40. The van der Waals surface area contributed by atoms with Crippen molar-refractivity contribution in [3.8, 4) is 11.5 Å². The summed E-state index contributed by atoms with van der Waals surface area (Å²) < 4.78 is 58.6. The zero-order chi connectivity index (χ0) is 26.3. The maximum absolute atomic E-state index is 14.0. The number of anilines is 2. The second-order valence-corrected chi connectivity index (χ2v) is 10.6. The number of carboxylic acid groups (broad SMARTS) is 1. The van der Waals surface area contributed by atoms with Crippen LogP contribution in [0.25, 0.3) is 0 Å². The Morgan fingerprint density at radius 3 is 2.72 bits per heavy atom. The molecule has 12 nitrogen and oxygen atoms in total. The minimum atomic E-state index is -4.28. The predicted octanol–water partition coefficient (Wildman–Crippen LogP) is 2.92. The molecule has 0 spiro atoms. The number of carbonyl (C=O) groups is 1. The fourth-order valence-corrected chi connectivity index (χ4v) is 5.47. The standard InChI is InChI=1S/C22H23FN4O8S/c1-22(2,19-25-26-21(30)35-19)10-13-11-27(16-8-12(24-20(28)29)4-7-17(16)34-13)36(31,32)14-5-6-15(23)18(9-14)33-3/h4-9,13,24H,10-11H2,1-3H3,(H,26,30)(H,28,29)/t13-/m0/s1. The van der Waals surface area contributed by atoms with Gasteiger partial charge in [0.15, 0.2) is 11.6 Å². The number of aromatic nitrogens is 2. The highest BCUT2D eigenvalue weighted by Crippen LogP contribution is 2.41. The number of H-pyrrole nitrogens is 1. The highest BCUT2D eigenvalue weighted by molar-refractivity contribution is 7.92. The number of halogens is 1. The molecule has 0 aliphatic carbocycles. The molecule has 4 rings (SSSR count). The minimum absolute atomic E-state index is 0.0879. The monoisotopic (exact) mass is 522 g/mol. The quantitative estimate of drug-likeness (QED) is 0.423. The van der Waals surface area contributed by atoms with Gasteiger partial charge in [-0.15, -0.1) is 5.10 Å². The van der Waals surface area contributed by atoms with E-state index in [2.05, 4.69) is 15.5 Å². The summed E-state index contributed by atoms with van der Waals surface area (Å²) in [5, 5.41) is 17.3. The summed E-state index contributed by atoms with van der Waals surface area (Å²) >= 11 is 0. The second kappa shape index (κ2) is 9.18. The largest absolute Gasteiger partial charge is 0.494 e. The normalized spacial score (nSPS) is 15.7. The first kappa shape index (κ1) is 25.0. The van der Waals surface area contributed by atoms with Gasteiger partial charge in [-0.1, -0.05) is 13.8 Å². The topological polar surface area (TPSA) is 164 Å². The summed E-state index contributed by atoms with van der Waals surface area (Å²) in [6, 6.07) is 7.36. The lowest BCUT2D eigenvalue weighted by molar-refractivity contribution is 0.152. The summed E-state index contributed by atoms with van der Waals surface area (Å²) in [5.41, 5.74) is -0.607. The first-order valence-corrected chi connectivity index (χ1v) is 12.1. The van der Waals surface area contributed by atoms with Crippen LogP contribution in [0.5, 0.6) is 11.5 Å². The van der Waals surface area contributed by atoms with Gasteiger partial charge in [-0.2, -0.15) is 0 Å². The summed E-state index contributed by atoms with van der Waals surface area (Å²) in [6.07, 6.45) is -1.84. The van der Waals surface area contributed by atoms with Crippen molar-refractivity contribution in [1.82, 2.24) is 10.2 Å². The van der Waals surface area contributed by atoms with Gasteiger partial charge in [0.1, 0.15) is 11.9 Å². The number of rotatable bonds is 7. The lowest BCUT2D eigenvalue weighted by Gasteiger charge is -2.38. The van der Waals surface area contributed by atoms with E-state index in [4.69, 9.17) is 19.0 Å². The van der Waals surface area contributed by atoms with Gasteiger partial charge in [0.2, 0.25) is 5.89 Å². The minimum Gasteiger partial charge on any atom is -0.494 e. The summed E-state index contributed by atoms with van der Waals surface area (Å²) in [6.45, 7) is 3.34. The maximum Gasteiger partial charge on any atom is 0.434 e. The number of nitrogens with one attached hydrogen (secondary N) is 2. The number of benzene rings is 2. The SMILES string of the molecule is COc1cc(S(=O)(=O)N2C[C@H](CC(C)(C)c3n[nH]c(=O)o3)Oc3ccc(NC(=O)O)cc32)ccc1F. The number of hydrogen-bond donors (Lipinski definition) is 3. The molecule has 1 amide bonds. The second-order valence-electron chi connectivity index (χ2n) is 8.69. The fraction of sp³-hybridized carbons (Fsp3) is 0.318. The van der Waals surface area contributed by atoms with Crippen LogP contribution in [0.2, 0.25) is 0 Å². The fourth-order valence-electron chi connectivity index (χ4n) is 3.95. The molecule has 3 N–H and O–H groups in total. The van der Waals surface area contributed by atoms with Crippen LogP contribution >= 0.6 is 0 Å². The number of methoxy groups -OCH3 is 1. The summed E-state index contributed by atoms with van der Waals surface area (Å²) in [7, 11) is -3.07. The number of fused-ring (bicyclic) bond motifs is 1. The van der Waals surface area contributed by atoms with Crippen LogP contribution in [0.1, 0.15) is 26.2 Å². The molecular formula is C22H23FN4O8S. The Kier molecular flexibility index (Phi) is 6.39. The molecule has 1 aliphatic heterocycles. The van der Waals surface area contributed by atoms with Crippen molar-refractivity contribution >= 4 is 27.5 Å². The highest BCUT2D eigenvalue weighted by atomic mass is 32.2. The third-order valence-electron chi connectivity index (χ3n) is 5.61. The third kappa shape index (κ3) is 4.84. The van der Waals surface area contributed by atoms with Crippen LogP contribution in [-0.2, 0) is 15.4 Å². The Balaban J connectivity index is 1.76. The molecule has 2 heterocycles. The van der Waals surface area contributed by atoms with E-state index in [9.17, 15) is 22.4 Å². The van der Waals surface area contributed by atoms with Gasteiger partial charge < -0.3 is 19.0 Å². The first-order chi connectivity index (χ1) is 16.9. The lowest BCUT2D eigenvalue weighted by Crippen LogP contribution is -2.45. The van der Waals surface area contributed by atoms with E-state index in [1.54, 1.807) is 13.8 Å². The molecule has 0 unspecified atom stereocenters. The summed E-state index contributed by atoms with van der Waals surface area (Å²) in [4.78, 5) is 22.3. The number of nitrogens with zero attached hydrogens (tertiary/aromatic N) is 2. The lowest BCUT2D eigenvalue weighted by atomic mass is 9.86. The van der Waals surface area contributed by atoms with E-state index in [1.807, 2.05) is 0 Å². The van der Waals surface area contributed by atoms with Crippen molar-refractivity contribution in [2.24, 2.45) is 0 Å². The Bertz CT molecular complexity index is 1470. The molecule has 3 aromatic rings. The van der Waals surface area contributed by atoms with Crippen molar-refractivity contribution in [2.45, 2.75) is 36.7 Å². The molecule has 2 aromatic carbocycles. The Morgan fingerprint density at radius 1 is 1.33 bits per heavy atom. The van der Waals surface area contributed by atoms with Crippen LogP contribution < -0.4 is 24.9 Å². The van der Waals surface area contributed by atoms with Crippen LogP contribution in [0.15, 0.2) is 50.5 Å². The van der Waals surface area contributed by atoms with Gasteiger partial charge in [0.05, 0.1) is 24.2 Å². The molecule has 1 aliphatic rings. The van der Waals surface area contributed by atoms with Crippen molar-refractivity contribution < 1.29 is 36.6 Å². The van der Waals surface area contributed by atoms with Crippen molar-refractivity contribution in [3.05, 3.63) is 58.7 Å². The first-order valence-electron chi connectivity index (χ1n) is 10.6. The number of aromatic amines is 1. The van der Waals surface area contributed by atoms with E-state index in [-0.39, 0.29) is 46.6 Å². The molecule has 14 heteroatoms. The van der Waals surface area contributed by atoms with Gasteiger partial charge in [-0.05, 0) is 36.8 Å². The molecule has 1 atom stereocenters. The molecule has 192 valence electrons. The molecule has 0 radical (unpaired) electrons. The van der Waals surface area contributed by atoms with Gasteiger partial charge >= 0.3 is 11.8 Å². The van der Waals surface area contributed by atoms with Gasteiger partial charge in [-0.3, -0.25) is 9.62 Å². The van der Waals surface area contributed by atoms with Crippen molar-refractivity contribution in [3.63, 3.8) is 0 Å². The molecular weight excluding hydrogens is 499 g/mol. The maximum atomic E-state index is 14.0. The number of ether oxygens (including phenoxy) is 2. The number of sulfonamides is 1. The smallest absolute Gasteiger partial charge is 0.434 e. The van der Waals surface area contributed by atoms with Crippen molar-refractivity contribution in [1.29, 1.82) is 0 Å². The zero-order valence-corrected chi connectivity index (χ0v) is 20.3. The number of hydrogen-bond acceptors (Lipinski definition) is 8. The molecule has 0 saturated carbocycles. The van der Waals surface area contributed by atoms with E-state index < -0.39 is 39.2 Å². The van der Waals surface area contributed by atoms with E-state index in [0.29, 0.717) is 0 Å². The molecule has 1 aromatic heterocycles. The van der Waals surface area contributed by atoms with Crippen molar-refractivity contribution in [2.75, 3.05) is 23.3 Å². The van der Waals surface area contributed by atoms with Crippen LogP contribution in [0.4, 0.5) is 20.6 Å². The zero-order valence-electron chi connectivity index (χ0n) is 19.4. The molecule has 36 heavy (non-hydrogen) atoms. The Labute approximate surface area is 204 Å². The van der Waals surface area contributed by atoms with Crippen LogP contribution in [-0.4, -0.2) is 49.6 Å². The highest BCUT2D eigenvalue weighted by Gasteiger charge is 2.39. The van der Waals surface area contributed by atoms with E-state index >= 15 is 0 Å². The average Bonchev–Trinajstić information content (AvgIpc) is 3.25. The molecule has 0 saturated heterocycles.